The average Bonchev–Trinajstić information content (AvgIpc) is 3.32. The second-order valence-electron chi connectivity index (χ2n) is 6.26. The number of carbonyl (C=O) groups excluding carboxylic acids is 1. The predicted octanol–water partition coefficient (Wildman–Crippen LogP) is 1.21. The molecule has 3 heterocycles. The molecule has 0 bridgehead atoms. The van der Waals surface area contributed by atoms with Crippen LogP contribution < -0.4 is 11.1 Å². The fourth-order valence-corrected chi connectivity index (χ4v) is 4.82. The summed E-state index contributed by atoms with van der Waals surface area (Å²) in [5.74, 6) is -0.376. The van der Waals surface area contributed by atoms with Crippen LogP contribution >= 0.6 is 0 Å². The molecule has 1 atom stereocenters. The first-order chi connectivity index (χ1) is 12.8. The Morgan fingerprint density at radius 1 is 1.37 bits per heavy atom. The van der Waals surface area contributed by atoms with Crippen LogP contribution in [-0.4, -0.2) is 41.4 Å². The van der Waals surface area contributed by atoms with Crippen molar-refractivity contribution in [1.29, 1.82) is 0 Å². The number of H-pyrrole nitrogens is 1. The van der Waals surface area contributed by atoms with Crippen LogP contribution in [0.1, 0.15) is 18.6 Å². The Labute approximate surface area is 153 Å². The first-order valence-corrected chi connectivity index (χ1v) is 9.67. The SMILES string of the molecule is Cc1cc(NC(=O)[C@@H]2CCCN2S(=O)(=O)c2ccc3[nH]c(=O)oc3c2)no1. The Morgan fingerprint density at radius 2 is 2.19 bits per heavy atom. The van der Waals surface area contributed by atoms with Crippen LogP contribution in [0, 0.1) is 6.92 Å². The Balaban J connectivity index is 1.62. The lowest BCUT2D eigenvalue weighted by atomic mass is 10.2. The van der Waals surface area contributed by atoms with E-state index in [1.165, 1.54) is 18.2 Å². The molecule has 4 rings (SSSR count). The van der Waals surface area contributed by atoms with Gasteiger partial charge in [-0.25, -0.2) is 13.2 Å². The number of anilines is 1. The highest BCUT2D eigenvalue weighted by atomic mass is 32.2. The fourth-order valence-electron chi connectivity index (χ4n) is 3.15. The zero-order valence-corrected chi connectivity index (χ0v) is 15.1. The quantitative estimate of drug-likeness (QED) is 0.680. The summed E-state index contributed by atoms with van der Waals surface area (Å²) in [7, 11) is -3.95. The highest BCUT2D eigenvalue weighted by Crippen LogP contribution is 2.28. The van der Waals surface area contributed by atoms with Crippen LogP contribution in [0.25, 0.3) is 11.1 Å². The smallest absolute Gasteiger partial charge is 0.408 e. The van der Waals surface area contributed by atoms with Gasteiger partial charge in [0.2, 0.25) is 15.9 Å². The lowest BCUT2D eigenvalue weighted by molar-refractivity contribution is -0.119. The van der Waals surface area contributed by atoms with Gasteiger partial charge in [0.25, 0.3) is 0 Å². The molecule has 3 aromatic rings. The summed E-state index contributed by atoms with van der Waals surface area (Å²) in [5, 5.41) is 6.27. The zero-order chi connectivity index (χ0) is 19.2. The molecule has 1 saturated heterocycles. The molecule has 0 spiro atoms. The first-order valence-electron chi connectivity index (χ1n) is 8.23. The van der Waals surface area contributed by atoms with Crippen LogP contribution in [0.15, 0.2) is 42.9 Å². The minimum Gasteiger partial charge on any atom is -0.408 e. The number of carbonyl (C=O) groups is 1. The number of nitrogens with zero attached hydrogens (tertiary/aromatic N) is 2. The van der Waals surface area contributed by atoms with Crippen LogP contribution in [0.5, 0.6) is 0 Å². The van der Waals surface area contributed by atoms with Crippen LogP contribution in [0.4, 0.5) is 5.82 Å². The molecule has 1 aliphatic rings. The maximum Gasteiger partial charge on any atom is 0.417 e. The number of hydrogen-bond donors (Lipinski definition) is 2. The maximum absolute atomic E-state index is 13.0. The molecule has 1 aliphatic heterocycles. The van der Waals surface area contributed by atoms with E-state index in [1.54, 1.807) is 13.0 Å². The summed E-state index contributed by atoms with van der Waals surface area (Å²) in [6.45, 7) is 1.90. The predicted molar refractivity (Wildman–Crippen MR) is 93.6 cm³/mol. The molecule has 10 nitrogen and oxygen atoms in total. The molecule has 0 radical (unpaired) electrons. The highest BCUT2D eigenvalue weighted by Gasteiger charge is 2.39. The number of hydrogen-bond acceptors (Lipinski definition) is 7. The molecule has 27 heavy (non-hydrogen) atoms. The largest absolute Gasteiger partial charge is 0.417 e. The molecule has 1 fully saturated rings. The summed E-state index contributed by atoms with van der Waals surface area (Å²) in [4.78, 5) is 26.2. The molecule has 0 unspecified atom stereocenters. The molecule has 0 aliphatic carbocycles. The van der Waals surface area contributed by atoms with E-state index in [4.69, 9.17) is 8.94 Å². The zero-order valence-electron chi connectivity index (χ0n) is 14.3. The Bertz CT molecular complexity index is 1170. The van der Waals surface area contributed by atoms with E-state index in [0.717, 1.165) is 4.31 Å². The lowest BCUT2D eigenvalue weighted by Gasteiger charge is -2.22. The number of oxazole rings is 1. The van der Waals surface area contributed by atoms with Gasteiger partial charge in [-0.2, -0.15) is 4.31 Å². The number of benzene rings is 1. The van der Waals surface area contributed by atoms with E-state index >= 15 is 0 Å². The molecule has 11 heteroatoms. The summed E-state index contributed by atoms with van der Waals surface area (Å²) in [5.41, 5.74) is 0.537. The highest BCUT2D eigenvalue weighted by molar-refractivity contribution is 7.89. The van der Waals surface area contributed by atoms with Crippen molar-refractivity contribution in [2.24, 2.45) is 0 Å². The van der Waals surface area contributed by atoms with E-state index in [9.17, 15) is 18.0 Å². The summed E-state index contributed by atoms with van der Waals surface area (Å²) in [6, 6.07) is 4.79. The third kappa shape index (κ3) is 3.15. The third-order valence-electron chi connectivity index (χ3n) is 4.38. The van der Waals surface area contributed by atoms with Crippen LogP contribution in [0.2, 0.25) is 0 Å². The Morgan fingerprint density at radius 3 is 2.93 bits per heavy atom. The second kappa shape index (κ2) is 6.35. The number of nitrogens with one attached hydrogen (secondary N) is 2. The number of aryl methyl sites for hydroxylation is 1. The van der Waals surface area contributed by atoms with Crippen molar-refractivity contribution in [2.45, 2.75) is 30.7 Å². The summed E-state index contributed by atoms with van der Waals surface area (Å²) >= 11 is 0. The summed E-state index contributed by atoms with van der Waals surface area (Å²) < 4.78 is 37.1. The van der Waals surface area contributed by atoms with Crippen molar-refractivity contribution in [3.63, 3.8) is 0 Å². The fraction of sp³-hybridized carbons (Fsp3) is 0.312. The number of aromatic amines is 1. The van der Waals surface area contributed by atoms with E-state index in [1.807, 2.05) is 0 Å². The molecule has 2 aromatic heterocycles. The number of aromatic nitrogens is 2. The summed E-state index contributed by atoms with van der Waals surface area (Å²) in [6.07, 6.45) is 0.944. The standard InChI is InChI=1S/C16H16N4O6S/c1-9-7-14(19-26-9)18-15(21)12-3-2-6-20(12)27(23,24)10-4-5-11-13(8-10)25-16(22)17-11/h4-5,7-8,12H,2-3,6H2,1H3,(H,17,22)(H,18,19,21)/t12-/m0/s1. The van der Waals surface area contributed by atoms with Gasteiger partial charge >= 0.3 is 5.76 Å². The Hall–Kier alpha value is -2.92. The normalized spacial score (nSPS) is 18.2. The van der Waals surface area contributed by atoms with Gasteiger partial charge in [-0.05, 0) is 31.9 Å². The molecule has 1 aromatic carbocycles. The van der Waals surface area contributed by atoms with Crippen molar-refractivity contribution >= 4 is 32.8 Å². The minimum absolute atomic E-state index is 0.0465. The Kier molecular flexibility index (Phi) is 4.12. The van der Waals surface area contributed by atoms with Gasteiger partial charge in [0.1, 0.15) is 11.8 Å². The van der Waals surface area contributed by atoms with Gasteiger partial charge in [-0.1, -0.05) is 5.16 Å². The number of amides is 1. The van der Waals surface area contributed by atoms with Crippen molar-refractivity contribution < 1.29 is 22.2 Å². The minimum atomic E-state index is -3.95. The van der Waals surface area contributed by atoms with Gasteiger partial charge in [0.05, 0.1) is 10.4 Å². The van der Waals surface area contributed by atoms with E-state index in [0.29, 0.717) is 24.1 Å². The van der Waals surface area contributed by atoms with E-state index in [2.05, 4.69) is 15.5 Å². The number of sulfonamides is 1. The van der Waals surface area contributed by atoms with Gasteiger partial charge in [0.15, 0.2) is 11.4 Å². The molecule has 2 N–H and O–H groups in total. The van der Waals surface area contributed by atoms with E-state index in [-0.39, 0.29) is 22.8 Å². The molecule has 142 valence electrons. The van der Waals surface area contributed by atoms with E-state index < -0.39 is 27.7 Å². The van der Waals surface area contributed by atoms with Crippen molar-refractivity contribution in [2.75, 3.05) is 11.9 Å². The van der Waals surface area contributed by atoms with Crippen molar-refractivity contribution in [3.8, 4) is 0 Å². The monoisotopic (exact) mass is 392 g/mol. The molecule has 1 amide bonds. The van der Waals surface area contributed by atoms with Gasteiger partial charge in [-0.3, -0.25) is 9.78 Å². The molecular formula is C16H16N4O6S. The first kappa shape index (κ1) is 17.5. The van der Waals surface area contributed by atoms with Crippen LogP contribution in [0.3, 0.4) is 0 Å². The average molecular weight is 392 g/mol. The molecule has 0 saturated carbocycles. The maximum atomic E-state index is 13.0. The third-order valence-corrected chi connectivity index (χ3v) is 6.29. The number of rotatable bonds is 4. The van der Waals surface area contributed by atoms with Crippen LogP contribution in [-0.2, 0) is 14.8 Å². The lowest BCUT2D eigenvalue weighted by Crippen LogP contribution is -2.43. The number of fused-ring (bicyclic) bond motifs is 1. The van der Waals surface area contributed by atoms with Gasteiger partial charge < -0.3 is 14.3 Å². The second-order valence-corrected chi connectivity index (χ2v) is 8.15. The topological polar surface area (TPSA) is 139 Å². The van der Waals surface area contributed by atoms with Gasteiger partial charge in [-0.15, -0.1) is 0 Å². The van der Waals surface area contributed by atoms with Crippen molar-refractivity contribution in [1.82, 2.24) is 14.4 Å². The van der Waals surface area contributed by atoms with Gasteiger partial charge in [0, 0.05) is 18.7 Å². The molecular weight excluding hydrogens is 376 g/mol. The van der Waals surface area contributed by atoms with Crippen molar-refractivity contribution in [3.05, 3.63) is 40.6 Å².